The minimum atomic E-state index is -4.28. The Hall–Kier alpha value is -1.07. The maximum atomic E-state index is 12.7. The minimum Gasteiger partial charge on any atom is -0.369 e. The zero-order chi connectivity index (χ0) is 13.8. The van der Waals surface area contributed by atoms with Crippen LogP contribution >= 0.6 is 0 Å². The summed E-state index contributed by atoms with van der Waals surface area (Å²) in [5, 5.41) is 3.38. The molecule has 19 heavy (non-hydrogen) atoms. The summed E-state index contributed by atoms with van der Waals surface area (Å²) in [5.41, 5.74) is 0.837. The zero-order valence-electron chi connectivity index (χ0n) is 10.8. The molecule has 2 nitrogen and oxygen atoms in total. The molecule has 0 aromatic heterocycles. The Bertz CT molecular complexity index is 510. The standard InChI is InChI=1S/C14H16F3NO/c1-13(2)7-18-12-10-4-3-9(14(15,16)17)5-8(10)6-11(12)19-13/h3-5,11-12,18H,6-7H2,1-2H3/t11-,12?/m1/s1. The van der Waals surface area contributed by atoms with Crippen LogP contribution in [0.25, 0.3) is 0 Å². The smallest absolute Gasteiger partial charge is 0.369 e. The third-order valence-electron chi connectivity index (χ3n) is 3.82. The summed E-state index contributed by atoms with van der Waals surface area (Å²) in [5.74, 6) is 0. The van der Waals surface area contributed by atoms with E-state index in [0.29, 0.717) is 13.0 Å². The molecule has 1 fully saturated rings. The zero-order valence-corrected chi connectivity index (χ0v) is 10.8. The van der Waals surface area contributed by atoms with Gasteiger partial charge in [-0.25, -0.2) is 0 Å². The van der Waals surface area contributed by atoms with Crippen molar-refractivity contribution in [1.29, 1.82) is 0 Å². The summed E-state index contributed by atoms with van der Waals surface area (Å²) < 4.78 is 44.1. The van der Waals surface area contributed by atoms with Gasteiger partial charge in [0, 0.05) is 13.0 Å². The first kappa shape index (κ1) is 12.9. The second-order valence-corrected chi connectivity index (χ2v) is 5.89. The summed E-state index contributed by atoms with van der Waals surface area (Å²) >= 11 is 0. The van der Waals surface area contributed by atoms with E-state index in [9.17, 15) is 13.2 Å². The third kappa shape index (κ3) is 2.25. The molecule has 2 aliphatic rings. The van der Waals surface area contributed by atoms with Gasteiger partial charge in [-0.05, 0) is 37.1 Å². The molecule has 1 unspecified atom stereocenters. The lowest BCUT2D eigenvalue weighted by atomic mass is 10.0. The quantitative estimate of drug-likeness (QED) is 0.783. The highest BCUT2D eigenvalue weighted by Gasteiger charge is 2.42. The molecule has 1 aromatic rings. The van der Waals surface area contributed by atoms with Crippen molar-refractivity contribution < 1.29 is 17.9 Å². The van der Waals surface area contributed by atoms with Crippen LogP contribution in [0.15, 0.2) is 18.2 Å². The van der Waals surface area contributed by atoms with Crippen molar-refractivity contribution >= 4 is 0 Å². The van der Waals surface area contributed by atoms with Crippen LogP contribution in [0.1, 0.15) is 36.6 Å². The van der Waals surface area contributed by atoms with E-state index in [4.69, 9.17) is 4.74 Å². The molecule has 0 amide bonds. The normalized spacial score (nSPS) is 28.9. The fourth-order valence-corrected chi connectivity index (χ4v) is 2.96. The van der Waals surface area contributed by atoms with Gasteiger partial charge in [-0.3, -0.25) is 0 Å². The van der Waals surface area contributed by atoms with Crippen LogP contribution in [-0.2, 0) is 17.3 Å². The van der Waals surface area contributed by atoms with Gasteiger partial charge in [0.15, 0.2) is 0 Å². The van der Waals surface area contributed by atoms with Gasteiger partial charge in [0.1, 0.15) is 0 Å². The molecule has 1 heterocycles. The first-order chi connectivity index (χ1) is 8.76. The van der Waals surface area contributed by atoms with E-state index in [1.54, 1.807) is 6.07 Å². The van der Waals surface area contributed by atoms with Crippen LogP contribution in [0.2, 0.25) is 0 Å². The molecule has 1 aromatic carbocycles. The van der Waals surface area contributed by atoms with E-state index in [1.807, 2.05) is 13.8 Å². The fourth-order valence-electron chi connectivity index (χ4n) is 2.96. The number of rotatable bonds is 0. The summed E-state index contributed by atoms with van der Waals surface area (Å²) in [6, 6.07) is 4.01. The van der Waals surface area contributed by atoms with Crippen molar-refractivity contribution in [1.82, 2.24) is 5.32 Å². The molecule has 0 spiro atoms. The first-order valence-electron chi connectivity index (χ1n) is 6.37. The second-order valence-electron chi connectivity index (χ2n) is 5.89. The maximum Gasteiger partial charge on any atom is 0.416 e. The number of nitrogens with one attached hydrogen (secondary N) is 1. The fraction of sp³-hybridized carbons (Fsp3) is 0.571. The first-order valence-corrected chi connectivity index (χ1v) is 6.37. The van der Waals surface area contributed by atoms with Crippen LogP contribution in [0.4, 0.5) is 13.2 Å². The van der Waals surface area contributed by atoms with Crippen molar-refractivity contribution in [2.24, 2.45) is 0 Å². The molecule has 104 valence electrons. The largest absolute Gasteiger partial charge is 0.416 e. The minimum absolute atomic E-state index is 0.0188. The van der Waals surface area contributed by atoms with Gasteiger partial charge in [0.25, 0.3) is 0 Å². The SMILES string of the molecule is CC1(C)CNC2c3ccc(C(F)(F)F)cc3C[C@H]2O1. The van der Waals surface area contributed by atoms with Crippen molar-refractivity contribution in [3.8, 4) is 0 Å². The summed E-state index contributed by atoms with van der Waals surface area (Å²) in [6.45, 7) is 4.68. The van der Waals surface area contributed by atoms with Gasteiger partial charge in [-0.2, -0.15) is 13.2 Å². The highest BCUT2D eigenvalue weighted by Crippen LogP contribution is 2.40. The lowest BCUT2D eigenvalue weighted by Gasteiger charge is -2.39. The van der Waals surface area contributed by atoms with Crippen LogP contribution in [0, 0.1) is 0 Å². The predicted molar refractivity (Wildman–Crippen MR) is 64.8 cm³/mol. The van der Waals surface area contributed by atoms with Crippen molar-refractivity contribution in [3.05, 3.63) is 34.9 Å². The van der Waals surface area contributed by atoms with Gasteiger partial charge >= 0.3 is 6.18 Å². The molecule has 5 heteroatoms. The molecule has 1 aliphatic carbocycles. The van der Waals surface area contributed by atoms with Crippen molar-refractivity contribution in [3.63, 3.8) is 0 Å². The van der Waals surface area contributed by atoms with Crippen molar-refractivity contribution in [2.75, 3.05) is 6.54 Å². The molecule has 0 bridgehead atoms. The number of hydrogen-bond acceptors (Lipinski definition) is 2. The van der Waals surface area contributed by atoms with Gasteiger partial charge in [-0.15, -0.1) is 0 Å². The monoisotopic (exact) mass is 271 g/mol. The number of halogens is 3. The number of morpholine rings is 1. The second kappa shape index (κ2) is 3.96. The number of alkyl halides is 3. The van der Waals surface area contributed by atoms with Gasteiger partial charge < -0.3 is 10.1 Å². The molecule has 0 radical (unpaired) electrons. The van der Waals surface area contributed by atoms with Crippen LogP contribution < -0.4 is 5.32 Å². The highest BCUT2D eigenvalue weighted by molar-refractivity contribution is 5.41. The van der Waals surface area contributed by atoms with Gasteiger partial charge in [0.2, 0.25) is 0 Å². The average molecular weight is 271 g/mol. The topological polar surface area (TPSA) is 21.3 Å². The Balaban J connectivity index is 1.92. The third-order valence-corrected chi connectivity index (χ3v) is 3.82. The highest BCUT2D eigenvalue weighted by atomic mass is 19.4. The molecule has 0 saturated carbocycles. The van der Waals surface area contributed by atoms with E-state index in [0.717, 1.165) is 17.2 Å². The summed E-state index contributed by atoms with van der Waals surface area (Å²) in [4.78, 5) is 0. The average Bonchev–Trinajstić information content (AvgIpc) is 2.61. The molecule has 1 saturated heterocycles. The number of fused-ring (bicyclic) bond motifs is 3. The van der Waals surface area contributed by atoms with E-state index in [1.165, 1.54) is 6.07 Å². The maximum absolute atomic E-state index is 12.7. The Morgan fingerprint density at radius 3 is 2.74 bits per heavy atom. The Morgan fingerprint density at radius 1 is 1.32 bits per heavy atom. The Labute approximate surface area is 109 Å². The van der Waals surface area contributed by atoms with E-state index < -0.39 is 11.7 Å². The molecule has 1 N–H and O–H groups in total. The number of hydrogen-bond donors (Lipinski definition) is 1. The molecular formula is C14H16F3NO. The summed E-state index contributed by atoms with van der Waals surface area (Å²) in [7, 11) is 0. The lowest BCUT2D eigenvalue weighted by Crippen LogP contribution is -2.50. The number of ether oxygens (including phenoxy) is 1. The van der Waals surface area contributed by atoms with E-state index in [-0.39, 0.29) is 17.7 Å². The molecule has 2 atom stereocenters. The molecular weight excluding hydrogens is 255 g/mol. The lowest BCUT2D eigenvalue weighted by molar-refractivity contribution is -0.137. The van der Waals surface area contributed by atoms with E-state index >= 15 is 0 Å². The number of benzene rings is 1. The van der Waals surface area contributed by atoms with E-state index in [2.05, 4.69) is 5.32 Å². The van der Waals surface area contributed by atoms with Crippen LogP contribution in [0.3, 0.4) is 0 Å². The Morgan fingerprint density at radius 2 is 2.05 bits per heavy atom. The van der Waals surface area contributed by atoms with Crippen LogP contribution in [-0.4, -0.2) is 18.2 Å². The Kier molecular flexibility index (Phi) is 2.70. The van der Waals surface area contributed by atoms with Crippen molar-refractivity contribution in [2.45, 2.75) is 44.2 Å². The van der Waals surface area contributed by atoms with Crippen LogP contribution in [0.5, 0.6) is 0 Å². The predicted octanol–water partition coefficient (Wildman–Crippen LogP) is 3.07. The van der Waals surface area contributed by atoms with Gasteiger partial charge in [0.05, 0.1) is 23.3 Å². The molecule has 3 rings (SSSR count). The summed E-state index contributed by atoms with van der Waals surface area (Å²) in [6.07, 6.45) is -3.81. The molecule has 1 aliphatic heterocycles. The van der Waals surface area contributed by atoms with Gasteiger partial charge in [-0.1, -0.05) is 6.07 Å².